The van der Waals surface area contributed by atoms with Crippen LogP contribution < -0.4 is 0 Å². The normalized spacial score (nSPS) is 14.4. The summed E-state index contributed by atoms with van der Waals surface area (Å²) in [5.41, 5.74) is 2.86. The van der Waals surface area contributed by atoms with E-state index in [0.29, 0.717) is 0 Å². The molecule has 0 amide bonds. The Morgan fingerprint density at radius 3 is 2.69 bits per heavy atom. The average Bonchev–Trinajstić information content (AvgIpc) is 2.64. The van der Waals surface area contributed by atoms with E-state index in [1.807, 2.05) is 18.3 Å². The maximum atomic E-state index is 4.28. The first kappa shape index (κ1) is 10.0. The summed E-state index contributed by atoms with van der Waals surface area (Å²) < 4.78 is 2.25. The first-order valence-corrected chi connectivity index (χ1v) is 6.50. The third-order valence-electron chi connectivity index (χ3n) is 3.29. The average molecular weight is 233 g/mol. The van der Waals surface area contributed by atoms with E-state index < -0.39 is 0 Å². The molecule has 0 aromatic carbocycles. The number of nitrogens with zero attached hydrogens (tertiary/aromatic N) is 3. The predicted octanol–water partition coefficient (Wildman–Crippen LogP) is 2.74. The van der Waals surface area contributed by atoms with Crippen molar-refractivity contribution in [2.45, 2.75) is 40.0 Å². The topological polar surface area (TPSA) is 30.7 Å². The second-order valence-electron chi connectivity index (χ2n) is 4.39. The molecule has 4 heteroatoms. The van der Waals surface area contributed by atoms with Crippen molar-refractivity contribution in [3.63, 3.8) is 0 Å². The fourth-order valence-electron chi connectivity index (χ4n) is 2.59. The molecule has 3 nitrogen and oxygen atoms in total. The Hall–Kier alpha value is -1.16. The number of fused-ring (bicyclic) bond motifs is 3. The highest BCUT2D eigenvalue weighted by molar-refractivity contribution is 7.12. The highest BCUT2D eigenvalue weighted by Crippen LogP contribution is 2.35. The molecular weight excluding hydrogens is 218 g/mol. The molecule has 0 spiro atoms. The number of hydrogen-bond donors (Lipinski definition) is 0. The standard InChI is InChI=1S/C12H15N3S/c1-7-10-5-4-6-11-14-13-9(3)15(11)12(10)8(2)16-7/h4-6H2,1-3H3. The summed E-state index contributed by atoms with van der Waals surface area (Å²) in [4.78, 5) is 2.84. The van der Waals surface area contributed by atoms with E-state index in [9.17, 15) is 0 Å². The van der Waals surface area contributed by atoms with Gasteiger partial charge in [0.15, 0.2) is 0 Å². The molecule has 2 aromatic heterocycles. The smallest absolute Gasteiger partial charge is 0.137 e. The molecule has 3 heterocycles. The van der Waals surface area contributed by atoms with Crippen LogP contribution in [0.5, 0.6) is 0 Å². The Morgan fingerprint density at radius 1 is 1.06 bits per heavy atom. The van der Waals surface area contributed by atoms with E-state index in [0.717, 1.165) is 18.1 Å². The van der Waals surface area contributed by atoms with Gasteiger partial charge in [-0.25, -0.2) is 0 Å². The molecule has 84 valence electrons. The molecule has 2 aromatic rings. The number of rotatable bonds is 0. The Balaban J connectivity index is 2.35. The molecule has 16 heavy (non-hydrogen) atoms. The molecule has 0 aliphatic carbocycles. The van der Waals surface area contributed by atoms with Gasteiger partial charge < -0.3 is 0 Å². The second-order valence-corrected chi connectivity index (χ2v) is 5.82. The highest BCUT2D eigenvalue weighted by atomic mass is 32.1. The first-order valence-electron chi connectivity index (χ1n) is 5.68. The van der Waals surface area contributed by atoms with Crippen LogP contribution in [0.1, 0.15) is 33.4 Å². The summed E-state index contributed by atoms with van der Waals surface area (Å²) in [6.07, 6.45) is 3.40. The van der Waals surface area contributed by atoms with Gasteiger partial charge in [0, 0.05) is 16.2 Å². The lowest BCUT2D eigenvalue weighted by Crippen LogP contribution is -2.02. The third-order valence-corrected chi connectivity index (χ3v) is 4.35. The number of aryl methyl sites for hydroxylation is 4. The summed E-state index contributed by atoms with van der Waals surface area (Å²) in [6, 6.07) is 0. The van der Waals surface area contributed by atoms with Gasteiger partial charge in [0.05, 0.1) is 5.69 Å². The first-order chi connectivity index (χ1) is 7.68. The van der Waals surface area contributed by atoms with Gasteiger partial charge in [0.1, 0.15) is 11.6 Å². The summed E-state index contributed by atoms with van der Waals surface area (Å²) in [5.74, 6) is 2.14. The lowest BCUT2D eigenvalue weighted by atomic mass is 10.1. The SMILES string of the molecule is Cc1sc(C)c2c1CCCc1nnc(C)n1-2. The van der Waals surface area contributed by atoms with Crippen molar-refractivity contribution in [3.8, 4) is 5.69 Å². The van der Waals surface area contributed by atoms with Crippen molar-refractivity contribution in [1.29, 1.82) is 0 Å². The minimum atomic E-state index is 1.01. The maximum absolute atomic E-state index is 4.28. The monoisotopic (exact) mass is 233 g/mol. The summed E-state index contributed by atoms with van der Waals surface area (Å²) >= 11 is 1.89. The Labute approximate surface area is 99.1 Å². The zero-order valence-corrected chi connectivity index (χ0v) is 10.7. The van der Waals surface area contributed by atoms with E-state index >= 15 is 0 Å². The van der Waals surface area contributed by atoms with Gasteiger partial charge in [-0.3, -0.25) is 4.57 Å². The van der Waals surface area contributed by atoms with E-state index in [4.69, 9.17) is 0 Å². The Bertz CT molecular complexity index is 551. The lowest BCUT2D eigenvalue weighted by molar-refractivity contribution is 0.780. The Kier molecular flexibility index (Phi) is 2.14. The van der Waals surface area contributed by atoms with Crippen LogP contribution in [0.15, 0.2) is 0 Å². The van der Waals surface area contributed by atoms with Gasteiger partial charge >= 0.3 is 0 Å². The minimum Gasteiger partial charge on any atom is -0.282 e. The molecule has 0 fully saturated rings. The molecule has 0 saturated carbocycles. The van der Waals surface area contributed by atoms with Crippen molar-refractivity contribution >= 4 is 11.3 Å². The molecule has 1 aliphatic rings. The zero-order chi connectivity index (χ0) is 11.3. The minimum absolute atomic E-state index is 1.01. The molecule has 0 atom stereocenters. The van der Waals surface area contributed by atoms with Crippen LogP contribution in [-0.2, 0) is 12.8 Å². The fraction of sp³-hybridized carbons (Fsp3) is 0.500. The van der Waals surface area contributed by atoms with Crippen LogP contribution in [-0.4, -0.2) is 14.8 Å². The fourth-order valence-corrected chi connectivity index (χ4v) is 3.68. The van der Waals surface area contributed by atoms with Gasteiger partial charge in [0.25, 0.3) is 0 Å². The van der Waals surface area contributed by atoms with Crippen molar-refractivity contribution in [2.24, 2.45) is 0 Å². The van der Waals surface area contributed by atoms with Gasteiger partial charge in [0.2, 0.25) is 0 Å². The molecular formula is C12H15N3S. The number of thiophene rings is 1. The van der Waals surface area contributed by atoms with Gasteiger partial charge in [-0.2, -0.15) is 0 Å². The lowest BCUT2D eigenvalue weighted by Gasteiger charge is -2.07. The molecule has 0 bridgehead atoms. The third kappa shape index (κ3) is 1.26. The van der Waals surface area contributed by atoms with Crippen LogP contribution in [0.25, 0.3) is 5.69 Å². The van der Waals surface area contributed by atoms with Crippen molar-refractivity contribution < 1.29 is 0 Å². The van der Waals surface area contributed by atoms with Gasteiger partial charge in [-0.15, -0.1) is 21.5 Å². The molecule has 1 aliphatic heterocycles. The molecule has 0 radical (unpaired) electrons. The molecule has 0 saturated heterocycles. The van der Waals surface area contributed by atoms with E-state index in [1.165, 1.54) is 33.8 Å². The highest BCUT2D eigenvalue weighted by Gasteiger charge is 2.22. The van der Waals surface area contributed by atoms with Crippen LogP contribution in [0.3, 0.4) is 0 Å². The van der Waals surface area contributed by atoms with Gasteiger partial charge in [-0.05, 0) is 39.2 Å². The van der Waals surface area contributed by atoms with E-state index in [1.54, 1.807) is 0 Å². The van der Waals surface area contributed by atoms with Crippen molar-refractivity contribution in [1.82, 2.24) is 14.8 Å². The summed E-state index contributed by atoms with van der Waals surface area (Å²) in [6.45, 7) is 6.46. The van der Waals surface area contributed by atoms with Crippen LogP contribution in [0.4, 0.5) is 0 Å². The summed E-state index contributed by atoms with van der Waals surface area (Å²) in [7, 11) is 0. The maximum Gasteiger partial charge on any atom is 0.137 e. The predicted molar refractivity (Wildman–Crippen MR) is 65.5 cm³/mol. The summed E-state index contributed by atoms with van der Waals surface area (Å²) in [5, 5.41) is 8.49. The number of hydrogen-bond acceptors (Lipinski definition) is 3. The van der Waals surface area contributed by atoms with Gasteiger partial charge in [-0.1, -0.05) is 0 Å². The second kappa shape index (κ2) is 3.42. The van der Waals surface area contributed by atoms with Crippen LogP contribution in [0, 0.1) is 20.8 Å². The van der Waals surface area contributed by atoms with E-state index in [2.05, 4.69) is 28.6 Å². The van der Waals surface area contributed by atoms with E-state index in [-0.39, 0.29) is 0 Å². The molecule has 0 N–H and O–H groups in total. The largest absolute Gasteiger partial charge is 0.282 e. The molecule has 3 rings (SSSR count). The number of aromatic nitrogens is 3. The van der Waals surface area contributed by atoms with Crippen molar-refractivity contribution in [3.05, 3.63) is 27.0 Å². The Morgan fingerprint density at radius 2 is 1.88 bits per heavy atom. The van der Waals surface area contributed by atoms with Crippen molar-refractivity contribution in [2.75, 3.05) is 0 Å². The molecule has 0 unspecified atom stereocenters. The quantitative estimate of drug-likeness (QED) is 0.700. The van der Waals surface area contributed by atoms with Crippen LogP contribution >= 0.6 is 11.3 Å². The zero-order valence-electron chi connectivity index (χ0n) is 9.87. The van der Waals surface area contributed by atoms with Crippen LogP contribution in [0.2, 0.25) is 0 Å².